The van der Waals surface area contributed by atoms with E-state index in [0.717, 1.165) is 17.8 Å². The number of nitrogens with one attached hydrogen (secondary N) is 1. The zero-order valence-corrected chi connectivity index (χ0v) is 12.9. The van der Waals surface area contributed by atoms with Crippen molar-refractivity contribution in [3.8, 4) is 0 Å². The highest BCUT2D eigenvalue weighted by Crippen LogP contribution is 2.37. The van der Waals surface area contributed by atoms with E-state index in [0.29, 0.717) is 19.5 Å². The Bertz CT molecular complexity index is 528. The number of rotatable bonds is 5. The standard InChI is InChI=1S/C16H23N3O2/c1-12(20)19-11-13(14-6-4-5-7-15(14)19)10-16(21)17-8-9-18(2)3/h4-7,13H,8-11H2,1-3H3,(H,17,21). The van der Waals surface area contributed by atoms with Crippen LogP contribution in [0.1, 0.15) is 24.8 Å². The van der Waals surface area contributed by atoms with Gasteiger partial charge >= 0.3 is 0 Å². The minimum Gasteiger partial charge on any atom is -0.355 e. The van der Waals surface area contributed by atoms with Crippen molar-refractivity contribution in [2.24, 2.45) is 0 Å². The van der Waals surface area contributed by atoms with Crippen LogP contribution in [0.15, 0.2) is 24.3 Å². The largest absolute Gasteiger partial charge is 0.355 e. The molecule has 1 aromatic rings. The van der Waals surface area contributed by atoms with Crippen molar-refractivity contribution in [3.63, 3.8) is 0 Å². The van der Waals surface area contributed by atoms with Gasteiger partial charge in [-0.3, -0.25) is 9.59 Å². The van der Waals surface area contributed by atoms with Gasteiger partial charge < -0.3 is 15.1 Å². The minimum absolute atomic E-state index is 0.0259. The number of benzene rings is 1. The molecule has 0 aromatic heterocycles. The van der Waals surface area contributed by atoms with Gasteiger partial charge in [0.2, 0.25) is 11.8 Å². The van der Waals surface area contributed by atoms with E-state index in [9.17, 15) is 9.59 Å². The molecule has 0 bridgehead atoms. The number of carbonyl (C=O) groups is 2. The van der Waals surface area contributed by atoms with Crippen LogP contribution in [0.3, 0.4) is 0 Å². The Kier molecular flexibility index (Phi) is 4.96. The Labute approximate surface area is 125 Å². The molecule has 114 valence electrons. The van der Waals surface area contributed by atoms with E-state index < -0.39 is 0 Å². The molecule has 2 amide bonds. The van der Waals surface area contributed by atoms with Crippen LogP contribution in [-0.2, 0) is 9.59 Å². The normalized spacial score (nSPS) is 17.0. The van der Waals surface area contributed by atoms with Crippen molar-refractivity contribution >= 4 is 17.5 Å². The predicted molar refractivity (Wildman–Crippen MR) is 83.4 cm³/mol. The lowest BCUT2D eigenvalue weighted by atomic mass is 9.97. The maximum Gasteiger partial charge on any atom is 0.223 e. The van der Waals surface area contributed by atoms with Crippen molar-refractivity contribution in [1.82, 2.24) is 10.2 Å². The van der Waals surface area contributed by atoms with Gasteiger partial charge in [0.25, 0.3) is 0 Å². The van der Waals surface area contributed by atoms with Gasteiger partial charge in [-0.25, -0.2) is 0 Å². The van der Waals surface area contributed by atoms with Crippen LogP contribution >= 0.6 is 0 Å². The quantitative estimate of drug-likeness (QED) is 0.886. The summed E-state index contributed by atoms with van der Waals surface area (Å²) in [4.78, 5) is 27.5. The van der Waals surface area contributed by atoms with Crippen LogP contribution in [0.2, 0.25) is 0 Å². The van der Waals surface area contributed by atoms with Crippen molar-refractivity contribution < 1.29 is 9.59 Å². The molecule has 1 unspecified atom stereocenters. The summed E-state index contributed by atoms with van der Waals surface area (Å²) in [6.07, 6.45) is 0.425. The fraction of sp³-hybridized carbons (Fsp3) is 0.500. The van der Waals surface area contributed by atoms with Gasteiger partial charge in [0.1, 0.15) is 0 Å². The molecule has 1 atom stereocenters. The summed E-state index contributed by atoms with van der Waals surface area (Å²) in [7, 11) is 3.95. The lowest BCUT2D eigenvalue weighted by Crippen LogP contribution is -2.33. The topological polar surface area (TPSA) is 52.7 Å². The molecule has 0 spiro atoms. The maximum atomic E-state index is 12.0. The van der Waals surface area contributed by atoms with Gasteiger partial charge in [0, 0.05) is 44.6 Å². The summed E-state index contributed by atoms with van der Waals surface area (Å²) in [6, 6.07) is 7.84. The van der Waals surface area contributed by atoms with Crippen molar-refractivity contribution in [1.29, 1.82) is 0 Å². The van der Waals surface area contributed by atoms with Gasteiger partial charge in [-0.1, -0.05) is 18.2 Å². The summed E-state index contributed by atoms with van der Waals surface area (Å²) in [5.41, 5.74) is 2.03. The Morgan fingerprint density at radius 3 is 2.71 bits per heavy atom. The first kappa shape index (κ1) is 15.5. The number of para-hydroxylation sites is 1. The van der Waals surface area contributed by atoms with Crippen molar-refractivity contribution in [2.45, 2.75) is 19.3 Å². The number of amides is 2. The molecule has 5 heteroatoms. The molecule has 1 aromatic carbocycles. The minimum atomic E-state index is 0.0259. The Morgan fingerprint density at radius 2 is 2.05 bits per heavy atom. The summed E-state index contributed by atoms with van der Waals surface area (Å²) in [5.74, 6) is 0.157. The molecule has 1 heterocycles. The monoisotopic (exact) mass is 289 g/mol. The first-order valence-electron chi connectivity index (χ1n) is 7.27. The third-order valence-corrected chi connectivity index (χ3v) is 3.76. The molecule has 1 aliphatic rings. The highest BCUT2D eigenvalue weighted by Gasteiger charge is 2.31. The molecule has 0 saturated heterocycles. The summed E-state index contributed by atoms with van der Waals surface area (Å²) >= 11 is 0. The second kappa shape index (κ2) is 6.72. The second-order valence-corrected chi connectivity index (χ2v) is 5.74. The fourth-order valence-electron chi connectivity index (χ4n) is 2.68. The van der Waals surface area contributed by atoms with E-state index in [2.05, 4.69) is 5.32 Å². The summed E-state index contributed by atoms with van der Waals surface area (Å²) in [5, 5.41) is 2.93. The molecule has 0 aliphatic carbocycles. The lowest BCUT2D eigenvalue weighted by Gasteiger charge is -2.15. The van der Waals surface area contributed by atoms with Gasteiger partial charge in [-0.15, -0.1) is 0 Å². The van der Waals surface area contributed by atoms with Crippen molar-refractivity contribution in [2.75, 3.05) is 38.6 Å². The predicted octanol–water partition coefficient (Wildman–Crippen LogP) is 1.20. The molecule has 2 rings (SSSR count). The number of anilines is 1. The molecule has 0 fully saturated rings. The fourth-order valence-corrected chi connectivity index (χ4v) is 2.68. The lowest BCUT2D eigenvalue weighted by molar-refractivity contribution is -0.121. The maximum absolute atomic E-state index is 12.0. The first-order chi connectivity index (χ1) is 9.99. The smallest absolute Gasteiger partial charge is 0.223 e. The first-order valence-corrected chi connectivity index (χ1v) is 7.27. The molecular weight excluding hydrogens is 266 g/mol. The van der Waals surface area contributed by atoms with Crippen LogP contribution in [0, 0.1) is 0 Å². The molecule has 21 heavy (non-hydrogen) atoms. The van der Waals surface area contributed by atoms with E-state index >= 15 is 0 Å². The molecule has 0 saturated carbocycles. The van der Waals surface area contributed by atoms with Crippen molar-refractivity contribution in [3.05, 3.63) is 29.8 Å². The average Bonchev–Trinajstić information content (AvgIpc) is 2.78. The number of likely N-dealkylation sites (N-methyl/N-ethyl adjacent to an activating group) is 1. The summed E-state index contributed by atoms with van der Waals surface area (Å²) in [6.45, 7) is 3.63. The number of carbonyl (C=O) groups excluding carboxylic acids is 2. The third kappa shape index (κ3) is 3.82. The summed E-state index contributed by atoms with van der Waals surface area (Å²) < 4.78 is 0. The van der Waals surface area contributed by atoms with E-state index in [1.165, 1.54) is 0 Å². The van der Waals surface area contributed by atoms with Gasteiger partial charge in [0.15, 0.2) is 0 Å². The van der Waals surface area contributed by atoms with E-state index in [4.69, 9.17) is 0 Å². The zero-order chi connectivity index (χ0) is 15.4. The van der Waals surface area contributed by atoms with Crippen LogP contribution in [-0.4, -0.2) is 50.4 Å². The number of hydrogen-bond acceptors (Lipinski definition) is 3. The second-order valence-electron chi connectivity index (χ2n) is 5.74. The van der Waals surface area contributed by atoms with Gasteiger partial charge in [-0.2, -0.15) is 0 Å². The SMILES string of the molecule is CC(=O)N1CC(CC(=O)NCCN(C)C)c2ccccc21. The van der Waals surface area contributed by atoms with Crippen LogP contribution in [0.5, 0.6) is 0 Å². The van der Waals surface area contributed by atoms with Crippen LogP contribution < -0.4 is 10.2 Å². The molecule has 0 radical (unpaired) electrons. The molecule has 5 nitrogen and oxygen atoms in total. The van der Waals surface area contributed by atoms with Gasteiger partial charge in [0.05, 0.1) is 0 Å². The van der Waals surface area contributed by atoms with Crippen LogP contribution in [0.25, 0.3) is 0 Å². The highest BCUT2D eigenvalue weighted by molar-refractivity contribution is 5.94. The van der Waals surface area contributed by atoms with Crippen LogP contribution in [0.4, 0.5) is 5.69 Å². The Hall–Kier alpha value is -1.88. The zero-order valence-electron chi connectivity index (χ0n) is 12.9. The van der Waals surface area contributed by atoms with E-state index in [1.807, 2.05) is 43.3 Å². The molecule has 1 N–H and O–H groups in total. The molecule has 1 aliphatic heterocycles. The number of hydrogen-bond donors (Lipinski definition) is 1. The Morgan fingerprint density at radius 1 is 1.33 bits per heavy atom. The Balaban J connectivity index is 1.99. The van der Waals surface area contributed by atoms with Gasteiger partial charge in [-0.05, 0) is 25.7 Å². The average molecular weight is 289 g/mol. The van der Waals surface area contributed by atoms with E-state index in [-0.39, 0.29) is 17.7 Å². The highest BCUT2D eigenvalue weighted by atomic mass is 16.2. The molecular formula is C16H23N3O2. The number of nitrogens with zero attached hydrogens (tertiary/aromatic N) is 2. The number of fused-ring (bicyclic) bond motifs is 1. The van der Waals surface area contributed by atoms with E-state index in [1.54, 1.807) is 11.8 Å². The third-order valence-electron chi connectivity index (χ3n) is 3.76.